The third-order valence-corrected chi connectivity index (χ3v) is 1.61. The minimum atomic E-state index is -0.353. The smallest absolute Gasteiger partial charge is 0.271 e. The second kappa shape index (κ2) is 4.76. The lowest BCUT2D eigenvalue weighted by Gasteiger charge is -2.04. The van der Waals surface area contributed by atoms with Crippen molar-refractivity contribution in [3.8, 4) is 0 Å². The summed E-state index contributed by atoms with van der Waals surface area (Å²) in [6.45, 7) is 2.13. The molecule has 0 bridgehead atoms. The third-order valence-electron chi connectivity index (χ3n) is 1.46. The molecule has 0 aromatic carbocycles. The molecule has 1 aromatic heterocycles. The van der Waals surface area contributed by atoms with Crippen LogP contribution in [-0.4, -0.2) is 28.0 Å². The number of carbonyl (C=O) groups is 1. The number of amides is 1. The number of aromatic amines is 1. The molecule has 2 N–H and O–H groups in total. The van der Waals surface area contributed by atoms with Crippen molar-refractivity contribution in [1.82, 2.24) is 15.5 Å². The fourth-order valence-electron chi connectivity index (χ4n) is 0.795. The lowest BCUT2D eigenvalue weighted by molar-refractivity contribution is 0.0948. The molecule has 0 aliphatic heterocycles. The molecule has 1 amide bonds. The Morgan fingerprint density at radius 2 is 2.43 bits per heavy atom. The average Bonchev–Trinajstić information content (AvgIpc) is 2.15. The molecular formula is C8H10ClN3O2. The molecule has 0 aliphatic carbocycles. The number of nitrogens with one attached hydrogen (secondary N) is 2. The molecule has 0 radical (unpaired) electrons. The first-order valence-corrected chi connectivity index (χ1v) is 4.51. The van der Waals surface area contributed by atoms with Crippen LogP contribution in [0.25, 0.3) is 0 Å². The molecule has 0 spiro atoms. The van der Waals surface area contributed by atoms with Gasteiger partial charge in [0.2, 0.25) is 0 Å². The summed E-state index contributed by atoms with van der Waals surface area (Å²) in [7, 11) is 0. The Kier molecular flexibility index (Phi) is 3.64. The van der Waals surface area contributed by atoms with Gasteiger partial charge in [0, 0.05) is 18.0 Å². The molecule has 1 unspecified atom stereocenters. The van der Waals surface area contributed by atoms with Gasteiger partial charge in [0.15, 0.2) is 0 Å². The number of rotatable bonds is 3. The number of alkyl halides is 1. The molecule has 5 nitrogen and oxygen atoms in total. The van der Waals surface area contributed by atoms with Crippen molar-refractivity contribution in [2.45, 2.75) is 12.3 Å². The zero-order chi connectivity index (χ0) is 10.6. The maximum Gasteiger partial charge on any atom is 0.271 e. The highest BCUT2D eigenvalue weighted by molar-refractivity contribution is 6.20. The third kappa shape index (κ3) is 3.18. The van der Waals surface area contributed by atoms with Gasteiger partial charge in [-0.1, -0.05) is 0 Å². The zero-order valence-corrected chi connectivity index (χ0v) is 8.34. The van der Waals surface area contributed by atoms with Crippen molar-refractivity contribution in [2.75, 3.05) is 6.54 Å². The van der Waals surface area contributed by atoms with Crippen molar-refractivity contribution in [3.63, 3.8) is 0 Å². The summed E-state index contributed by atoms with van der Waals surface area (Å²) in [6.07, 6.45) is 0. The van der Waals surface area contributed by atoms with Gasteiger partial charge in [0.05, 0.1) is 0 Å². The molecule has 0 saturated heterocycles. The normalized spacial score (nSPS) is 12.1. The molecule has 1 atom stereocenters. The van der Waals surface area contributed by atoms with Crippen LogP contribution in [0, 0.1) is 0 Å². The molecule has 0 aliphatic rings. The Balaban J connectivity index is 2.61. The quantitative estimate of drug-likeness (QED) is 0.704. The van der Waals surface area contributed by atoms with Gasteiger partial charge < -0.3 is 5.32 Å². The summed E-state index contributed by atoms with van der Waals surface area (Å²) in [6, 6.07) is 2.60. The maximum absolute atomic E-state index is 11.3. The molecule has 1 heterocycles. The molecular weight excluding hydrogens is 206 g/mol. The van der Waals surface area contributed by atoms with Gasteiger partial charge in [-0.05, 0) is 13.0 Å². The van der Waals surface area contributed by atoms with E-state index in [9.17, 15) is 9.59 Å². The second-order valence-corrected chi connectivity index (χ2v) is 3.54. The van der Waals surface area contributed by atoms with Gasteiger partial charge in [0.25, 0.3) is 11.5 Å². The molecule has 14 heavy (non-hydrogen) atoms. The van der Waals surface area contributed by atoms with Crippen LogP contribution in [0.4, 0.5) is 0 Å². The van der Waals surface area contributed by atoms with E-state index in [4.69, 9.17) is 11.6 Å². The SMILES string of the molecule is CC(Cl)CNC(=O)c1ccc(=O)[nH]n1. The van der Waals surface area contributed by atoms with Crippen LogP contribution in [0.1, 0.15) is 17.4 Å². The highest BCUT2D eigenvalue weighted by Gasteiger charge is 2.07. The van der Waals surface area contributed by atoms with Crippen LogP contribution >= 0.6 is 11.6 Å². The topological polar surface area (TPSA) is 74.8 Å². The number of nitrogens with zero attached hydrogens (tertiary/aromatic N) is 1. The van der Waals surface area contributed by atoms with E-state index in [1.165, 1.54) is 12.1 Å². The summed E-state index contributed by atoms with van der Waals surface area (Å²) in [5, 5.41) is 8.16. The van der Waals surface area contributed by atoms with Crippen LogP contribution in [0.15, 0.2) is 16.9 Å². The van der Waals surface area contributed by atoms with E-state index in [0.29, 0.717) is 6.54 Å². The van der Waals surface area contributed by atoms with Crippen LogP contribution in [-0.2, 0) is 0 Å². The number of H-pyrrole nitrogens is 1. The van der Waals surface area contributed by atoms with Crippen molar-refractivity contribution in [3.05, 3.63) is 28.2 Å². The molecule has 1 aromatic rings. The van der Waals surface area contributed by atoms with E-state index in [-0.39, 0.29) is 22.5 Å². The summed E-state index contributed by atoms with van der Waals surface area (Å²) in [4.78, 5) is 21.9. The van der Waals surface area contributed by atoms with Gasteiger partial charge in [-0.2, -0.15) is 5.10 Å². The zero-order valence-electron chi connectivity index (χ0n) is 7.58. The summed E-state index contributed by atoms with van der Waals surface area (Å²) in [5.74, 6) is -0.353. The van der Waals surface area contributed by atoms with E-state index in [1.807, 2.05) is 0 Å². The number of hydrogen-bond donors (Lipinski definition) is 2. The van der Waals surface area contributed by atoms with Crippen molar-refractivity contribution in [1.29, 1.82) is 0 Å². The number of hydrogen-bond acceptors (Lipinski definition) is 3. The van der Waals surface area contributed by atoms with Gasteiger partial charge in [0.1, 0.15) is 5.69 Å². The Morgan fingerprint density at radius 3 is 2.93 bits per heavy atom. The van der Waals surface area contributed by atoms with Crippen molar-refractivity contribution >= 4 is 17.5 Å². The molecule has 0 fully saturated rings. The predicted molar refractivity (Wildman–Crippen MR) is 52.5 cm³/mol. The Labute approximate surface area is 85.5 Å². The van der Waals surface area contributed by atoms with Gasteiger partial charge >= 0.3 is 0 Å². The Morgan fingerprint density at radius 1 is 1.71 bits per heavy atom. The van der Waals surface area contributed by atoms with Gasteiger partial charge in [-0.15, -0.1) is 11.6 Å². The van der Waals surface area contributed by atoms with E-state index >= 15 is 0 Å². The predicted octanol–water partition coefficient (Wildman–Crippen LogP) is 0.127. The fraction of sp³-hybridized carbons (Fsp3) is 0.375. The Bertz CT molecular complexity index is 355. The molecule has 76 valence electrons. The highest BCUT2D eigenvalue weighted by atomic mass is 35.5. The molecule has 1 rings (SSSR count). The minimum absolute atomic E-state index is 0.137. The average molecular weight is 216 g/mol. The summed E-state index contributed by atoms with van der Waals surface area (Å²) < 4.78 is 0. The minimum Gasteiger partial charge on any atom is -0.349 e. The largest absolute Gasteiger partial charge is 0.349 e. The standard InChI is InChI=1S/C8H10ClN3O2/c1-5(9)4-10-8(14)6-2-3-7(13)12-11-6/h2-3,5H,4H2,1H3,(H,10,14)(H,12,13). The number of aromatic nitrogens is 2. The summed E-state index contributed by atoms with van der Waals surface area (Å²) >= 11 is 5.64. The van der Waals surface area contributed by atoms with Crippen LogP contribution in [0.3, 0.4) is 0 Å². The summed E-state index contributed by atoms with van der Waals surface area (Å²) in [5.41, 5.74) is -0.172. The molecule has 0 saturated carbocycles. The van der Waals surface area contributed by atoms with Crippen molar-refractivity contribution < 1.29 is 4.79 Å². The van der Waals surface area contributed by atoms with Gasteiger partial charge in [-0.3, -0.25) is 9.59 Å². The van der Waals surface area contributed by atoms with E-state index in [0.717, 1.165) is 0 Å². The van der Waals surface area contributed by atoms with E-state index < -0.39 is 0 Å². The van der Waals surface area contributed by atoms with Crippen LogP contribution < -0.4 is 10.9 Å². The second-order valence-electron chi connectivity index (χ2n) is 2.80. The lowest BCUT2D eigenvalue weighted by Crippen LogP contribution is -2.30. The van der Waals surface area contributed by atoms with Crippen LogP contribution in [0.5, 0.6) is 0 Å². The van der Waals surface area contributed by atoms with Crippen molar-refractivity contribution in [2.24, 2.45) is 0 Å². The highest BCUT2D eigenvalue weighted by Crippen LogP contribution is 1.92. The first-order chi connectivity index (χ1) is 6.59. The van der Waals surface area contributed by atoms with Gasteiger partial charge in [-0.25, -0.2) is 5.10 Å². The maximum atomic E-state index is 11.3. The Hall–Kier alpha value is -1.36. The number of halogens is 1. The molecule has 6 heteroatoms. The first-order valence-electron chi connectivity index (χ1n) is 4.07. The monoisotopic (exact) mass is 215 g/mol. The number of carbonyl (C=O) groups excluding carboxylic acids is 1. The first kappa shape index (κ1) is 10.7. The fourth-order valence-corrected chi connectivity index (χ4v) is 0.872. The van der Waals surface area contributed by atoms with E-state index in [1.54, 1.807) is 6.92 Å². The lowest BCUT2D eigenvalue weighted by atomic mass is 10.3. The van der Waals surface area contributed by atoms with Crippen LogP contribution in [0.2, 0.25) is 0 Å². The van der Waals surface area contributed by atoms with E-state index in [2.05, 4.69) is 15.5 Å².